The molecule has 0 N–H and O–H groups in total. The summed E-state index contributed by atoms with van der Waals surface area (Å²) in [6, 6.07) is 2.76. The van der Waals surface area contributed by atoms with Gasteiger partial charge in [0, 0.05) is 18.2 Å². The molecule has 0 saturated carbocycles. The molecule has 2 rings (SSSR count). The molecule has 0 radical (unpaired) electrons. The molecule has 0 bridgehead atoms. The van der Waals surface area contributed by atoms with E-state index in [1.54, 1.807) is 0 Å². The number of aryl methyl sites for hydroxylation is 1. The number of aromatic nitrogens is 2. The van der Waals surface area contributed by atoms with Crippen LogP contribution in [-0.4, -0.2) is 15.6 Å². The van der Waals surface area contributed by atoms with Crippen LogP contribution in [0.2, 0.25) is 0 Å². The van der Waals surface area contributed by atoms with E-state index in [9.17, 15) is 13.6 Å². The first-order valence-corrected chi connectivity index (χ1v) is 6.54. The summed E-state index contributed by atoms with van der Waals surface area (Å²) in [6.07, 6.45) is 2.30. The van der Waals surface area contributed by atoms with Crippen molar-refractivity contribution in [3.05, 3.63) is 51.8 Å². The van der Waals surface area contributed by atoms with E-state index in [1.807, 2.05) is 6.92 Å². The highest BCUT2D eigenvalue weighted by molar-refractivity contribution is 9.10. The average molecular weight is 329 g/mol. The van der Waals surface area contributed by atoms with Crippen LogP contribution >= 0.6 is 15.9 Å². The van der Waals surface area contributed by atoms with E-state index >= 15 is 0 Å². The number of hydrogen-bond acceptors (Lipinski definition) is 2. The first-order valence-electron chi connectivity index (χ1n) is 5.75. The van der Waals surface area contributed by atoms with Crippen LogP contribution in [0.5, 0.6) is 0 Å². The lowest BCUT2D eigenvalue weighted by molar-refractivity contribution is 0.102. The van der Waals surface area contributed by atoms with Gasteiger partial charge in [-0.1, -0.05) is 6.92 Å². The summed E-state index contributed by atoms with van der Waals surface area (Å²) in [5, 5.41) is 4.06. The molecule has 1 aromatic heterocycles. The average Bonchev–Trinajstić information content (AvgIpc) is 2.69. The van der Waals surface area contributed by atoms with Gasteiger partial charge in [0.25, 0.3) is 0 Å². The van der Waals surface area contributed by atoms with Crippen LogP contribution in [0.25, 0.3) is 0 Å². The van der Waals surface area contributed by atoms with Crippen LogP contribution in [0.4, 0.5) is 8.78 Å². The molecule has 0 amide bonds. The molecule has 19 heavy (non-hydrogen) atoms. The molecule has 0 fully saturated rings. The molecule has 0 aliphatic rings. The maximum Gasteiger partial charge on any atom is 0.212 e. The fraction of sp³-hybridized carbons (Fsp3) is 0.231. The summed E-state index contributed by atoms with van der Waals surface area (Å²) in [6.45, 7) is 2.51. The number of carbonyl (C=O) groups excluding carboxylic acids is 1. The van der Waals surface area contributed by atoms with Gasteiger partial charge in [0.2, 0.25) is 5.78 Å². The van der Waals surface area contributed by atoms with Crippen LogP contribution in [0, 0.1) is 11.6 Å². The maximum atomic E-state index is 13.2. The van der Waals surface area contributed by atoms with Gasteiger partial charge in [-0.05, 0) is 34.5 Å². The number of benzene rings is 1. The van der Waals surface area contributed by atoms with Crippen molar-refractivity contribution in [1.29, 1.82) is 0 Å². The van der Waals surface area contributed by atoms with E-state index < -0.39 is 17.4 Å². The minimum atomic E-state index is -0.777. The molecular weight excluding hydrogens is 318 g/mol. The van der Waals surface area contributed by atoms with Crippen LogP contribution < -0.4 is 0 Å². The highest BCUT2D eigenvalue weighted by Crippen LogP contribution is 2.21. The summed E-state index contributed by atoms with van der Waals surface area (Å²) < 4.78 is 28.3. The van der Waals surface area contributed by atoms with E-state index in [4.69, 9.17) is 0 Å². The van der Waals surface area contributed by atoms with Crippen molar-refractivity contribution in [3.8, 4) is 0 Å². The normalized spacial score (nSPS) is 10.7. The van der Waals surface area contributed by atoms with Gasteiger partial charge in [0.05, 0.1) is 10.7 Å². The predicted molar refractivity (Wildman–Crippen MR) is 70.0 cm³/mol. The lowest BCUT2D eigenvalue weighted by Gasteiger charge is -2.06. The van der Waals surface area contributed by atoms with Crippen molar-refractivity contribution in [3.63, 3.8) is 0 Å². The molecule has 6 heteroatoms. The number of nitrogens with zero attached hydrogens (tertiary/aromatic N) is 2. The number of halogens is 3. The van der Waals surface area contributed by atoms with Crippen molar-refractivity contribution in [2.75, 3.05) is 0 Å². The van der Waals surface area contributed by atoms with E-state index in [0.717, 1.165) is 24.6 Å². The molecular formula is C13H11BrF2N2O. The smallest absolute Gasteiger partial charge is 0.212 e. The van der Waals surface area contributed by atoms with E-state index in [0.29, 0.717) is 16.7 Å². The zero-order chi connectivity index (χ0) is 14.0. The molecule has 2 aromatic rings. The van der Waals surface area contributed by atoms with Crippen molar-refractivity contribution >= 4 is 21.7 Å². The van der Waals surface area contributed by atoms with Crippen LogP contribution in [-0.2, 0) is 6.54 Å². The van der Waals surface area contributed by atoms with Gasteiger partial charge in [-0.15, -0.1) is 0 Å². The van der Waals surface area contributed by atoms with Crippen LogP contribution in [0.1, 0.15) is 29.4 Å². The third kappa shape index (κ3) is 2.89. The first-order chi connectivity index (χ1) is 9.02. The molecule has 1 heterocycles. The molecule has 0 atom stereocenters. The Balaban J connectivity index is 2.46. The Bertz CT molecular complexity index is 605. The number of hydrogen-bond donors (Lipinski definition) is 0. The van der Waals surface area contributed by atoms with Crippen molar-refractivity contribution in [2.45, 2.75) is 19.9 Å². The molecule has 1 aromatic carbocycles. The second kappa shape index (κ2) is 5.61. The Morgan fingerprint density at radius 2 is 1.95 bits per heavy atom. The Labute approximate surface area is 117 Å². The lowest BCUT2D eigenvalue weighted by atomic mass is 10.1. The fourth-order valence-corrected chi connectivity index (χ4v) is 2.27. The quantitative estimate of drug-likeness (QED) is 0.804. The summed E-state index contributed by atoms with van der Waals surface area (Å²) in [7, 11) is 0. The minimum Gasteiger partial charge on any atom is -0.287 e. The van der Waals surface area contributed by atoms with Gasteiger partial charge >= 0.3 is 0 Å². The predicted octanol–water partition coefficient (Wildman–Crippen LogP) is 3.56. The zero-order valence-corrected chi connectivity index (χ0v) is 11.7. The van der Waals surface area contributed by atoms with E-state index in [2.05, 4.69) is 21.0 Å². The summed E-state index contributed by atoms with van der Waals surface area (Å²) in [5.74, 6) is -2.02. The SMILES string of the molecule is CCCn1ncc(Br)c1C(=O)c1cc(F)cc(F)c1. The van der Waals surface area contributed by atoms with Crippen molar-refractivity contribution in [1.82, 2.24) is 9.78 Å². The fourth-order valence-electron chi connectivity index (χ4n) is 1.79. The molecule has 0 aliphatic heterocycles. The Hall–Kier alpha value is -1.56. The van der Waals surface area contributed by atoms with E-state index in [1.165, 1.54) is 10.9 Å². The van der Waals surface area contributed by atoms with Gasteiger partial charge in [0.15, 0.2) is 0 Å². The molecule has 0 aliphatic carbocycles. The summed E-state index contributed by atoms with van der Waals surface area (Å²) in [4.78, 5) is 12.3. The Kier molecular flexibility index (Phi) is 4.09. The molecule has 0 saturated heterocycles. The maximum absolute atomic E-state index is 13.2. The second-order valence-electron chi connectivity index (χ2n) is 4.05. The van der Waals surface area contributed by atoms with Crippen LogP contribution in [0.3, 0.4) is 0 Å². The third-order valence-corrected chi connectivity index (χ3v) is 3.15. The molecule has 0 unspecified atom stereocenters. The summed E-state index contributed by atoms with van der Waals surface area (Å²) >= 11 is 3.23. The molecule has 0 spiro atoms. The number of rotatable bonds is 4. The van der Waals surface area contributed by atoms with Gasteiger partial charge in [-0.25, -0.2) is 8.78 Å². The monoisotopic (exact) mass is 328 g/mol. The van der Waals surface area contributed by atoms with Gasteiger partial charge in [-0.3, -0.25) is 9.48 Å². The lowest BCUT2D eigenvalue weighted by Crippen LogP contribution is -2.12. The zero-order valence-electron chi connectivity index (χ0n) is 10.2. The minimum absolute atomic E-state index is 0.0314. The third-order valence-electron chi connectivity index (χ3n) is 2.57. The highest BCUT2D eigenvalue weighted by atomic mass is 79.9. The standard InChI is InChI=1S/C13H11BrF2N2O/c1-2-3-18-12(11(14)7-17-18)13(19)8-4-9(15)6-10(16)5-8/h4-7H,2-3H2,1H3. The van der Waals surface area contributed by atoms with E-state index in [-0.39, 0.29) is 5.56 Å². The number of carbonyl (C=O) groups is 1. The van der Waals surface area contributed by atoms with Crippen molar-refractivity contribution < 1.29 is 13.6 Å². The van der Waals surface area contributed by atoms with Gasteiger partial charge in [-0.2, -0.15) is 5.10 Å². The Morgan fingerprint density at radius 1 is 1.32 bits per heavy atom. The van der Waals surface area contributed by atoms with Crippen LogP contribution in [0.15, 0.2) is 28.9 Å². The molecule has 3 nitrogen and oxygen atoms in total. The van der Waals surface area contributed by atoms with Gasteiger partial charge < -0.3 is 0 Å². The first kappa shape index (κ1) is 13.9. The summed E-state index contributed by atoms with van der Waals surface area (Å²) in [5.41, 5.74) is 0.267. The van der Waals surface area contributed by atoms with Crippen molar-refractivity contribution in [2.24, 2.45) is 0 Å². The second-order valence-corrected chi connectivity index (χ2v) is 4.91. The largest absolute Gasteiger partial charge is 0.287 e. The molecule has 100 valence electrons. The highest BCUT2D eigenvalue weighted by Gasteiger charge is 2.19. The van der Waals surface area contributed by atoms with Gasteiger partial charge in [0.1, 0.15) is 17.3 Å². The number of ketones is 1. The topological polar surface area (TPSA) is 34.9 Å². The Morgan fingerprint density at radius 3 is 2.53 bits per heavy atom.